The Morgan fingerprint density at radius 1 is 0.244 bits per heavy atom. The van der Waals surface area contributed by atoms with Crippen LogP contribution in [0.4, 0.5) is 0 Å². The Kier molecular flexibility index (Phi) is 69.2. The van der Waals surface area contributed by atoms with Crippen LogP contribution in [-0.2, 0) is 9.47 Å². The Labute approximate surface area is 494 Å². The van der Waals surface area contributed by atoms with Crippen LogP contribution in [0.2, 0.25) is 0 Å². The Hall–Kier alpha value is -0.160. The van der Waals surface area contributed by atoms with E-state index in [1.165, 1.54) is 385 Å². The molecule has 0 saturated carbocycles. The zero-order valence-corrected chi connectivity index (χ0v) is 55.1. The molecule has 0 aromatic heterocycles. The summed E-state index contributed by atoms with van der Waals surface area (Å²) < 4.78 is 13.0. The summed E-state index contributed by atoms with van der Waals surface area (Å²) in [5.41, 5.74) is 0. The van der Waals surface area contributed by atoms with Gasteiger partial charge in [-0.3, -0.25) is 4.90 Å². The van der Waals surface area contributed by atoms with Crippen molar-refractivity contribution in [3.05, 3.63) is 0 Å². The lowest BCUT2D eigenvalue weighted by atomic mass is 9.94. The molecule has 4 heteroatoms. The van der Waals surface area contributed by atoms with Crippen molar-refractivity contribution in [2.45, 2.75) is 426 Å². The quantitative estimate of drug-likeness (QED) is 0.0487. The number of hydrogen-bond donors (Lipinski definition) is 1. The number of aliphatic hydroxyl groups is 1. The average molecular weight is 1100 g/mol. The van der Waals surface area contributed by atoms with Crippen LogP contribution in [0.25, 0.3) is 0 Å². The van der Waals surface area contributed by atoms with E-state index in [0.717, 1.165) is 26.3 Å². The van der Waals surface area contributed by atoms with Crippen LogP contribution >= 0.6 is 0 Å². The van der Waals surface area contributed by atoms with E-state index in [1.54, 1.807) is 0 Å². The van der Waals surface area contributed by atoms with E-state index in [2.05, 4.69) is 32.6 Å². The van der Waals surface area contributed by atoms with Gasteiger partial charge in [0.25, 0.3) is 0 Å². The molecule has 470 valence electrons. The topological polar surface area (TPSA) is 41.9 Å². The van der Waals surface area contributed by atoms with Gasteiger partial charge in [0.15, 0.2) is 0 Å². The van der Waals surface area contributed by atoms with Gasteiger partial charge in [-0.1, -0.05) is 387 Å². The average Bonchev–Trinajstić information content (AvgIpc) is 3.44. The van der Waals surface area contributed by atoms with E-state index in [-0.39, 0.29) is 0 Å². The van der Waals surface area contributed by atoms with E-state index in [1.807, 2.05) is 6.92 Å². The van der Waals surface area contributed by atoms with Gasteiger partial charge in [0.2, 0.25) is 0 Å². The van der Waals surface area contributed by atoms with Crippen molar-refractivity contribution >= 4 is 0 Å². The summed E-state index contributed by atoms with van der Waals surface area (Å²) in [4.78, 5) is 2.19. The molecular formula is C74H151NO3. The summed E-state index contributed by atoms with van der Waals surface area (Å²) in [5.74, 6) is 1.36. The third-order valence-electron chi connectivity index (χ3n) is 18.1. The molecule has 0 heterocycles. The SMILES string of the molecule is CCCCCCCCCCCCCCCCC(CCCCCCCCCCCCCCCC)COCCN(CCOCC(CCCCCCCCCCCCCCCC)CCCCCCCCCCCCCCCC)C(C)O. The number of hydrogen-bond acceptors (Lipinski definition) is 4. The molecule has 0 radical (unpaired) electrons. The molecule has 4 nitrogen and oxygen atoms in total. The fourth-order valence-corrected chi connectivity index (χ4v) is 12.5. The lowest BCUT2D eigenvalue weighted by Gasteiger charge is -2.26. The monoisotopic (exact) mass is 1100 g/mol. The van der Waals surface area contributed by atoms with E-state index in [9.17, 15) is 5.11 Å². The lowest BCUT2D eigenvalue weighted by Crippen LogP contribution is -2.38. The highest BCUT2D eigenvalue weighted by Crippen LogP contribution is 2.24. The largest absolute Gasteiger partial charge is 0.380 e. The van der Waals surface area contributed by atoms with Crippen molar-refractivity contribution in [2.75, 3.05) is 39.5 Å². The van der Waals surface area contributed by atoms with Gasteiger partial charge in [-0.2, -0.15) is 0 Å². The fraction of sp³-hybridized carbons (Fsp3) is 1.00. The minimum absolute atomic E-state index is 0.471. The summed E-state index contributed by atoms with van der Waals surface area (Å²) in [7, 11) is 0. The maximum Gasteiger partial charge on any atom is 0.104 e. The van der Waals surface area contributed by atoms with Gasteiger partial charge in [0.05, 0.1) is 13.2 Å². The molecule has 0 bridgehead atoms. The van der Waals surface area contributed by atoms with Gasteiger partial charge in [-0.25, -0.2) is 0 Å². The molecular weight excluding hydrogens is 951 g/mol. The van der Waals surface area contributed by atoms with Gasteiger partial charge in [-0.05, 0) is 44.4 Å². The van der Waals surface area contributed by atoms with Crippen molar-refractivity contribution in [3.63, 3.8) is 0 Å². The zero-order valence-electron chi connectivity index (χ0n) is 55.1. The van der Waals surface area contributed by atoms with Crippen LogP contribution in [0, 0.1) is 11.8 Å². The molecule has 0 rings (SSSR count). The third kappa shape index (κ3) is 63.4. The van der Waals surface area contributed by atoms with Crippen molar-refractivity contribution in [1.29, 1.82) is 0 Å². The number of ether oxygens (including phenoxy) is 2. The summed E-state index contributed by atoms with van der Waals surface area (Å²) in [6.45, 7) is 16.0. The second-order valence-corrected chi connectivity index (χ2v) is 26.1. The van der Waals surface area contributed by atoms with E-state index in [4.69, 9.17) is 9.47 Å². The summed E-state index contributed by atoms with van der Waals surface area (Å²) in [6, 6.07) is 0. The molecule has 0 aromatic carbocycles. The molecule has 0 aromatic rings. The lowest BCUT2D eigenvalue weighted by molar-refractivity contribution is -0.0261. The van der Waals surface area contributed by atoms with Crippen molar-refractivity contribution in [3.8, 4) is 0 Å². The van der Waals surface area contributed by atoms with Gasteiger partial charge in [-0.15, -0.1) is 0 Å². The third-order valence-corrected chi connectivity index (χ3v) is 18.1. The van der Waals surface area contributed by atoms with Crippen LogP contribution in [0.1, 0.15) is 420 Å². The summed E-state index contributed by atoms with van der Waals surface area (Å²) in [5, 5.41) is 10.8. The smallest absolute Gasteiger partial charge is 0.104 e. The van der Waals surface area contributed by atoms with Crippen LogP contribution in [0.3, 0.4) is 0 Å². The number of nitrogens with zero attached hydrogens (tertiary/aromatic N) is 1. The maximum atomic E-state index is 10.8. The first-order valence-electron chi connectivity index (χ1n) is 37.2. The molecule has 78 heavy (non-hydrogen) atoms. The number of unbranched alkanes of at least 4 members (excludes halogenated alkanes) is 52. The summed E-state index contributed by atoms with van der Waals surface area (Å²) in [6.07, 6.45) is 84.7. The van der Waals surface area contributed by atoms with Crippen LogP contribution < -0.4 is 0 Å². The van der Waals surface area contributed by atoms with Crippen LogP contribution in [-0.4, -0.2) is 55.8 Å². The molecule has 0 saturated heterocycles. The van der Waals surface area contributed by atoms with Crippen LogP contribution in [0.5, 0.6) is 0 Å². The highest BCUT2D eigenvalue weighted by atomic mass is 16.5. The first-order chi connectivity index (χ1) is 38.6. The minimum Gasteiger partial charge on any atom is -0.380 e. The Morgan fingerprint density at radius 3 is 0.551 bits per heavy atom. The van der Waals surface area contributed by atoms with Crippen molar-refractivity contribution < 1.29 is 14.6 Å². The number of rotatable bonds is 71. The van der Waals surface area contributed by atoms with E-state index >= 15 is 0 Å². The van der Waals surface area contributed by atoms with Crippen molar-refractivity contribution in [1.82, 2.24) is 4.90 Å². The minimum atomic E-state index is -0.471. The maximum absolute atomic E-state index is 10.8. The van der Waals surface area contributed by atoms with Gasteiger partial charge in [0.1, 0.15) is 6.23 Å². The van der Waals surface area contributed by atoms with Gasteiger partial charge in [0, 0.05) is 26.3 Å². The first-order valence-corrected chi connectivity index (χ1v) is 37.2. The number of aliphatic hydroxyl groups excluding tert-OH is 1. The Balaban J connectivity index is 4.79. The summed E-state index contributed by atoms with van der Waals surface area (Å²) >= 11 is 0. The molecule has 0 aliphatic rings. The highest BCUT2D eigenvalue weighted by molar-refractivity contribution is 4.65. The van der Waals surface area contributed by atoms with Gasteiger partial charge >= 0.3 is 0 Å². The van der Waals surface area contributed by atoms with Gasteiger partial charge < -0.3 is 14.6 Å². The Bertz CT molecular complexity index is 896. The molecule has 0 fully saturated rings. The molecule has 0 aliphatic carbocycles. The van der Waals surface area contributed by atoms with E-state index < -0.39 is 6.23 Å². The molecule has 1 N–H and O–H groups in total. The zero-order chi connectivity index (χ0) is 56.4. The molecule has 1 unspecified atom stereocenters. The molecule has 0 aliphatic heterocycles. The van der Waals surface area contributed by atoms with Crippen LogP contribution in [0.15, 0.2) is 0 Å². The second-order valence-electron chi connectivity index (χ2n) is 26.1. The standard InChI is InChI=1S/C74H151NO3/c1-6-10-14-18-22-26-30-34-38-42-46-50-54-58-62-73(63-59-55-51-47-43-39-35-31-27-23-19-15-11-7-2)70-77-68-66-75(72(5)76)67-69-78-71-74(64-60-56-52-48-44-40-36-32-28-24-20-16-12-8-3)65-61-57-53-49-45-41-37-33-29-25-21-17-13-9-4/h72-74,76H,6-71H2,1-5H3. The first kappa shape index (κ1) is 77.8. The van der Waals surface area contributed by atoms with E-state index in [0.29, 0.717) is 25.0 Å². The molecule has 1 atom stereocenters. The predicted octanol–water partition coefficient (Wildman–Crippen LogP) is 25.4. The highest BCUT2D eigenvalue weighted by Gasteiger charge is 2.15. The predicted molar refractivity (Wildman–Crippen MR) is 352 cm³/mol. The molecule has 0 spiro atoms. The molecule has 0 amide bonds. The van der Waals surface area contributed by atoms with Crippen molar-refractivity contribution in [2.24, 2.45) is 11.8 Å². The second kappa shape index (κ2) is 69.3. The normalized spacial score (nSPS) is 12.4. The Morgan fingerprint density at radius 2 is 0.397 bits per heavy atom. The fourth-order valence-electron chi connectivity index (χ4n) is 12.5.